The number of aryl methyl sites for hydroxylation is 1. The van der Waals surface area contributed by atoms with Crippen molar-refractivity contribution in [3.63, 3.8) is 0 Å². The van der Waals surface area contributed by atoms with Gasteiger partial charge < -0.3 is 14.8 Å². The summed E-state index contributed by atoms with van der Waals surface area (Å²) in [5.41, 5.74) is 1.07. The summed E-state index contributed by atoms with van der Waals surface area (Å²) in [6, 6.07) is 3.76. The molecule has 8 nitrogen and oxygen atoms in total. The van der Waals surface area contributed by atoms with Crippen LogP contribution in [0.25, 0.3) is 0 Å². The van der Waals surface area contributed by atoms with Crippen LogP contribution in [0.1, 0.15) is 57.8 Å². The number of rotatable bonds is 8. The number of carbonyl (C=O) groups is 3. The Morgan fingerprint density at radius 1 is 1.06 bits per heavy atom. The van der Waals surface area contributed by atoms with Crippen LogP contribution in [0.15, 0.2) is 29.2 Å². The van der Waals surface area contributed by atoms with Crippen molar-refractivity contribution in [2.75, 3.05) is 11.9 Å². The molecule has 0 saturated carbocycles. The summed E-state index contributed by atoms with van der Waals surface area (Å²) >= 11 is 1.29. The van der Waals surface area contributed by atoms with Crippen LogP contribution in [0, 0.1) is 0 Å². The van der Waals surface area contributed by atoms with Crippen LogP contribution in [0.5, 0.6) is 0 Å². The monoisotopic (exact) mass is 515 g/mol. The molecule has 1 aromatic heterocycles. The molecule has 34 heavy (non-hydrogen) atoms. The molecule has 1 amide bonds. The second kappa shape index (κ2) is 10.6. The smallest absolute Gasteiger partial charge is 0.341 e. The number of hydrogen-bond donors (Lipinski definition) is 1. The highest BCUT2D eigenvalue weighted by Gasteiger charge is 2.29. The Labute approximate surface area is 199 Å². The Bertz CT molecular complexity index is 1190. The fraction of sp³-hybridized carbons (Fsp3) is 0.409. The van der Waals surface area contributed by atoms with Gasteiger partial charge in [-0.05, 0) is 69.4 Å². The van der Waals surface area contributed by atoms with Gasteiger partial charge in [-0.2, -0.15) is 8.78 Å². The van der Waals surface area contributed by atoms with Crippen molar-refractivity contribution in [3.05, 3.63) is 45.8 Å². The molecule has 0 unspecified atom stereocenters. The van der Waals surface area contributed by atoms with Crippen molar-refractivity contribution in [2.45, 2.75) is 56.3 Å². The predicted octanol–water partition coefficient (Wildman–Crippen LogP) is 3.98. The van der Waals surface area contributed by atoms with Gasteiger partial charge in [0.1, 0.15) is 5.00 Å². The van der Waals surface area contributed by atoms with E-state index in [1.165, 1.54) is 11.3 Å². The first-order valence-corrected chi connectivity index (χ1v) is 12.8. The maximum Gasteiger partial charge on any atom is 0.341 e. The molecule has 0 radical (unpaired) electrons. The zero-order valence-electron chi connectivity index (χ0n) is 18.4. The number of alkyl halides is 2. The zero-order chi connectivity index (χ0) is 25.0. The van der Waals surface area contributed by atoms with Gasteiger partial charge in [0.05, 0.1) is 22.1 Å². The van der Waals surface area contributed by atoms with E-state index in [9.17, 15) is 31.6 Å². The number of benzene rings is 1. The summed E-state index contributed by atoms with van der Waals surface area (Å²) in [5.74, 6) is -5.73. The molecule has 0 bridgehead atoms. The highest BCUT2D eigenvalue weighted by molar-refractivity contribution is 7.91. The number of sulfone groups is 1. The quantitative estimate of drug-likeness (QED) is 0.529. The number of nitrogens with one attached hydrogen (secondary N) is 1. The first-order valence-electron chi connectivity index (χ1n) is 10.4. The van der Waals surface area contributed by atoms with Gasteiger partial charge in [-0.1, -0.05) is 0 Å². The average Bonchev–Trinajstić information content (AvgIpc) is 3.14. The van der Waals surface area contributed by atoms with E-state index in [1.54, 1.807) is 13.8 Å². The maximum absolute atomic E-state index is 12.6. The third-order valence-corrected chi connectivity index (χ3v) is 7.56. The summed E-state index contributed by atoms with van der Waals surface area (Å²) in [7, 11) is -4.79. The Morgan fingerprint density at radius 2 is 1.71 bits per heavy atom. The lowest BCUT2D eigenvalue weighted by Crippen LogP contribution is -2.22. The van der Waals surface area contributed by atoms with Gasteiger partial charge in [-0.25, -0.2) is 18.0 Å². The summed E-state index contributed by atoms with van der Waals surface area (Å²) in [5, 5.41) is 2.94. The number of amides is 1. The van der Waals surface area contributed by atoms with Crippen molar-refractivity contribution in [1.82, 2.24) is 0 Å². The molecule has 0 fully saturated rings. The molecule has 0 aliphatic heterocycles. The first-order chi connectivity index (χ1) is 16.0. The normalized spacial score (nSPS) is 13.5. The Balaban J connectivity index is 1.67. The van der Waals surface area contributed by atoms with Gasteiger partial charge >= 0.3 is 17.7 Å². The van der Waals surface area contributed by atoms with E-state index in [4.69, 9.17) is 9.47 Å². The Morgan fingerprint density at radius 3 is 2.32 bits per heavy atom. The van der Waals surface area contributed by atoms with Gasteiger partial charge in [0.2, 0.25) is 9.84 Å². The maximum atomic E-state index is 12.6. The van der Waals surface area contributed by atoms with Gasteiger partial charge in [0.15, 0.2) is 6.61 Å². The van der Waals surface area contributed by atoms with Crippen LogP contribution in [0.3, 0.4) is 0 Å². The molecule has 184 valence electrons. The highest BCUT2D eigenvalue weighted by Crippen LogP contribution is 2.38. The molecule has 2 aromatic rings. The van der Waals surface area contributed by atoms with Crippen molar-refractivity contribution >= 4 is 44.0 Å². The van der Waals surface area contributed by atoms with Crippen LogP contribution >= 0.6 is 11.3 Å². The van der Waals surface area contributed by atoms with Crippen molar-refractivity contribution < 1.29 is 41.1 Å². The van der Waals surface area contributed by atoms with E-state index < -0.39 is 44.9 Å². The molecule has 0 spiro atoms. The van der Waals surface area contributed by atoms with E-state index in [2.05, 4.69) is 5.32 Å². The molecule has 1 heterocycles. The molecule has 3 rings (SSSR count). The zero-order valence-corrected chi connectivity index (χ0v) is 20.1. The molecule has 1 aliphatic rings. The lowest BCUT2D eigenvalue weighted by molar-refractivity contribution is -0.119. The number of hydrogen-bond acceptors (Lipinski definition) is 8. The van der Waals surface area contributed by atoms with Crippen molar-refractivity contribution in [1.29, 1.82) is 0 Å². The minimum atomic E-state index is -4.79. The minimum Gasteiger partial charge on any atom is -0.459 e. The van der Waals surface area contributed by atoms with Crippen LogP contribution in [0.2, 0.25) is 0 Å². The number of carbonyl (C=O) groups excluding carboxylic acids is 3. The molecule has 1 aromatic carbocycles. The second-order valence-corrected chi connectivity index (χ2v) is 10.8. The predicted molar refractivity (Wildman–Crippen MR) is 120 cm³/mol. The standard InChI is InChI=1S/C22H23F2NO7S2/c1-12(2)32-21(28)18-15-5-3-4-6-16(15)33-19(18)25-17(26)11-31-20(27)13-7-9-14(10-8-13)34(29,30)22(23)24/h7-10,12,22H,3-6,11H2,1-2H3,(H,25,26). The van der Waals surface area contributed by atoms with E-state index in [-0.39, 0.29) is 11.7 Å². The number of esters is 2. The third kappa shape index (κ3) is 5.79. The second-order valence-electron chi connectivity index (χ2n) is 7.82. The van der Waals surface area contributed by atoms with Crippen molar-refractivity contribution in [2.24, 2.45) is 0 Å². The molecule has 0 atom stereocenters. The van der Waals surface area contributed by atoms with E-state index in [0.717, 1.165) is 54.0 Å². The Hall–Kier alpha value is -2.86. The summed E-state index contributed by atoms with van der Waals surface area (Å²) in [6.07, 6.45) is 3.07. The van der Waals surface area contributed by atoms with Crippen molar-refractivity contribution in [3.8, 4) is 0 Å². The minimum absolute atomic E-state index is 0.117. The third-order valence-electron chi connectivity index (χ3n) is 4.96. The summed E-state index contributed by atoms with van der Waals surface area (Å²) < 4.78 is 58.4. The molecule has 0 saturated heterocycles. The number of thiophene rings is 1. The fourth-order valence-corrected chi connectivity index (χ4v) is 5.42. The lowest BCUT2D eigenvalue weighted by Gasteiger charge is -2.14. The summed E-state index contributed by atoms with van der Waals surface area (Å²) in [6.45, 7) is 2.78. The summed E-state index contributed by atoms with van der Waals surface area (Å²) in [4.78, 5) is 37.6. The SMILES string of the molecule is CC(C)OC(=O)c1c(NC(=O)COC(=O)c2ccc(S(=O)(=O)C(F)F)cc2)sc2c1CCCC2. The number of halogens is 2. The van der Waals surface area contributed by atoms with Crippen LogP contribution in [-0.4, -0.2) is 44.7 Å². The van der Waals surface area contributed by atoms with E-state index >= 15 is 0 Å². The topological polar surface area (TPSA) is 116 Å². The Kier molecular flexibility index (Phi) is 8.03. The number of anilines is 1. The van der Waals surface area contributed by atoms with Gasteiger partial charge in [0, 0.05) is 4.88 Å². The lowest BCUT2D eigenvalue weighted by atomic mass is 9.95. The fourth-order valence-electron chi connectivity index (χ4n) is 3.40. The largest absolute Gasteiger partial charge is 0.459 e. The van der Waals surface area contributed by atoms with Gasteiger partial charge in [-0.3, -0.25) is 4.79 Å². The van der Waals surface area contributed by atoms with Gasteiger partial charge in [0.25, 0.3) is 5.91 Å². The average molecular weight is 516 g/mol. The van der Waals surface area contributed by atoms with E-state index in [1.807, 2.05) is 0 Å². The van der Waals surface area contributed by atoms with E-state index in [0.29, 0.717) is 17.0 Å². The molecular formula is C22H23F2NO7S2. The highest BCUT2D eigenvalue weighted by atomic mass is 32.2. The number of ether oxygens (including phenoxy) is 2. The molecular weight excluding hydrogens is 492 g/mol. The molecule has 12 heteroatoms. The molecule has 1 N–H and O–H groups in total. The van der Waals surface area contributed by atoms with Crippen LogP contribution < -0.4 is 5.32 Å². The van der Waals surface area contributed by atoms with Crippen LogP contribution in [-0.2, 0) is 36.9 Å². The van der Waals surface area contributed by atoms with Crippen LogP contribution in [0.4, 0.5) is 13.8 Å². The first kappa shape index (κ1) is 25.8. The van der Waals surface area contributed by atoms with Gasteiger partial charge in [-0.15, -0.1) is 11.3 Å². The molecule has 1 aliphatic carbocycles. The number of fused-ring (bicyclic) bond motifs is 1.